The standard InChI is InChI=1S/C9H20N2O2S.ClH/c1-2-6-14(12,13)7-5-11-4-3-9(10)8-11;/h9H,2-8,10H2,1H3;1H. The van der Waals surface area contributed by atoms with Gasteiger partial charge >= 0.3 is 0 Å². The van der Waals surface area contributed by atoms with Crippen LogP contribution in [-0.4, -0.2) is 50.5 Å². The van der Waals surface area contributed by atoms with Crippen LogP contribution < -0.4 is 5.73 Å². The Morgan fingerprint density at radius 1 is 1.40 bits per heavy atom. The predicted octanol–water partition coefficient (Wildman–Crippen LogP) is 0.266. The van der Waals surface area contributed by atoms with Crippen molar-refractivity contribution in [1.82, 2.24) is 4.90 Å². The minimum atomic E-state index is -2.82. The average Bonchev–Trinajstić information content (AvgIpc) is 2.48. The van der Waals surface area contributed by atoms with E-state index in [0.717, 1.165) is 19.5 Å². The van der Waals surface area contributed by atoms with Crippen LogP contribution in [0.25, 0.3) is 0 Å². The third-order valence-electron chi connectivity index (χ3n) is 2.54. The van der Waals surface area contributed by atoms with Gasteiger partial charge < -0.3 is 10.6 Å². The summed E-state index contributed by atoms with van der Waals surface area (Å²) < 4.78 is 22.8. The molecule has 1 unspecified atom stereocenters. The normalized spacial score (nSPS) is 22.7. The van der Waals surface area contributed by atoms with Gasteiger partial charge in [-0.25, -0.2) is 8.42 Å². The van der Waals surface area contributed by atoms with Crippen molar-refractivity contribution in [2.45, 2.75) is 25.8 Å². The molecule has 1 heterocycles. The first-order chi connectivity index (χ1) is 6.53. The summed E-state index contributed by atoms with van der Waals surface area (Å²) in [5.41, 5.74) is 5.73. The second kappa shape index (κ2) is 6.68. The summed E-state index contributed by atoms with van der Waals surface area (Å²) in [6, 6.07) is 0.240. The van der Waals surface area contributed by atoms with Crippen LogP contribution in [0, 0.1) is 0 Å². The lowest BCUT2D eigenvalue weighted by Gasteiger charge is -2.14. The van der Waals surface area contributed by atoms with Crippen molar-refractivity contribution >= 4 is 22.2 Å². The van der Waals surface area contributed by atoms with Gasteiger partial charge in [0.25, 0.3) is 0 Å². The molecule has 4 nitrogen and oxygen atoms in total. The minimum absolute atomic E-state index is 0. The van der Waals surface area contributed by atoms with E-state index in [4.69, 9.17) is 5.73 Å². The molecule has 92 valence electrons. The Morgan fingerprint density at radius 3 is 2.53 bits per heavy atom. The first-order valence-electron chi connectivity index (χ1n) is 5.22. The lowest BCUT2D eigenvalue weighted by molar-refractivity contribution is 0.354. The van der Waals surface area contributed by atoms with Crippen molar-refractivity contribution in [3.8, 4) is 0 Å². The molecule has 1 rings (SSSR count). The molecular weight excluding hydrogens is 236 g/mol. The number of likely N-dealkylation sites (tertiary alicyclic amines) is 1. The van der Waals surface area contributed by atoms with E-state index < -0.39 is 9.84 Å². The van der Waals surface area contributed by atoms with Gasteiger partial charge in [-0.05, 0) is 19.4 Å². The maximum atomic E-state index is 11.4. The molecule has 1 fully saturated rings. The summed E-state index contributed by atoms with van der Waals surface area (Å²) in [5.74, 6) is 0.598. The van der Waals surface area contributed by atoms with E-state index in [2.05, 4.69) is 4.90 Å². The zero-order chi connectivity index (χ0) is 10.6. The van der Waals surface area contributed by atoms with E-state index in [1.54, 1.807) is 0 Å². The molecule has 0 aromatic carbocycles. The zero-order valence-corrected chi connectivity index (χ0v) is 10.8. The Balaban J connectivity index is 0.00000196. The minimum Gasteiger partial charge on any atom is -0.326 e. The fourth-order valence-corrected chi connectivity index (χ4v) is 3.11. The van der Waals surface area contributed by atoms with E-state index in [-0.39, 0.29) is 24.2 Å². The lowest BCUT2D eigenvalue weighted by Crippen LogP contribution is -2.31. The molecule has 1 aliphatic heterocycles. The number of sulfone groups is 1. The first kappa shape index (κ1) is 15.2. The highest BCUT2D eigenvalue weighted by Gasteiger charge is 2.20. The summed E-state index contributed by atoms with van der Waals surface area (Å²) >= 11 is 0. The molecule has 1 atom stereocenters. The quantitative estimate of drug-likeness (QED) is 0.767. The third kappa shape index (κ3) is 5.70. The Bertz CT molecular complexity index is 269. The van der Waals surface area contributed by atoms with Gasteiger partial charge in [-0.2, -0.15) is 0 Å². The van der Waals surface area contributed by atoms with Crippen molar-refractivity contribution in [3.05, 3.63) is 0 Å². The van der Waals surface area contributed by atoms with Gasteiger partial charge in [0.05, 0.1) is 5.75 Å². The molecule has 2 N–H and O–H groups in total. The lowest BCUT2D eigenvalue weighted by atomic mass is 10.3. The van der Waals surface area contributed by atoms with Gasteiger partial charge in [-0.15, -0.1) is 12.4 Å². The number of halogens is 1. The molecule has 15 heavy (non-hydrogen) atoms. The molecule has 0 saturated carbocycles. The van der Waals surface area contributed by atoms with E-state index >= 15 is 0 Å². The smallest absolute Gasteiger partial charge is 0.151 e. The van der Waals surface area contributed by atoms with E-state index in [0.29, 0.717) is 18.7 Å². The van der Waals surface area contributed by atoms with E-state index in [9.17, 15) is 8.42 Å². The number of rotatable bonds is 5. The van der Waals surface area contributed by atoms with Crippen molar-refractivity contribution in [1.29, 1.82) is 0 Å². The first-order valence-corrected chi connectivity index (χ1v) is 7.04. The van der Waals surface area contributed by atoms with Crippen molar-refractivity contribution in [2.75, 3.05) is 31.1 Å². The largest absolute Gasteiger partial charge is 0.326 e. The van der Waals surface area contributed by atoms with Crippen molar-refractivity contribution in [3.63, 3.8) is 0 Å². The van der Waals surface area contributed by atoms with Gasteiger partial charge in [0, 0.05) is 24.9 Å². The van der Waals surface area contributed by atoms with Crippen LogP contribution in [0.4, 0.5) is 0 Å². The predicted molar refractivity (Wildman–Crippen MR) is 65.2 cm³/mol. The number of hydrogen-bond donors (Lipinski definition) is 1. The number of nitrogens with two attached hydrogens (primary N) is 1. The topological polar surface area (TPSA) is 63.4 Å². The Kier molecular flexibility index (Phi) is 6.75. The average molecular weight is 257 g/mol. The summed E-state index contributed by atoms with van der Waals surface area (Å²) in [4.78, 5) is 2.14. The molecule has 1 aliphatic rings. The Hall–Kier alpha value is 0.160. The zero-order valence-electron chi connectivity index (χ0n) is 9.18. The van der Waals surface area contributed by atoms with Gasteiger partial charge in [0.15, 0.2) is 9.84 Å². The van der Waals surface area contributed by atoms with Crippen LogP contribution in [0.1, 0.15) is 19.8 Å². The van der Waals surface area contributed by atoms with Crippen LogP contribution in [-0.2, 0) is 9.84 Å². The molecule has 0 bridgehead atoms. The molecule has 0 amide bonds. The van der Waals surface area contributed by atoms with Crippen molar-refractivity contribution in [2.24, 2.45) is 5.73 Å². The number of hydrogen-bond acceptors (Lipinski definition) is 4. The molecule has 0 aromatic heterocycles. The summed E-state index contributed by atoms with van der Waals surface area (Å²) in [6.45, 7) is 4.34. The fraction of sp³-hybridized carbons (Fsp3) is 1.00. The summed E-state index contributed by atoms with van der Waals surface area (Å²) in [7, 11) is -2.82. The third-order valence-corrected chi connectivity index (χ3v) is 4.38. The van der Waals surface area contributed by atoms with Gasteiger partial charge in [0.1, 0.15) is 0 Å². The van der Waals surface area contributed by atoms with Gasteiger partial charge in [-0.3, -0.25) is 0 Å². The van der Waals surface area contributed by atoms with Crippen LogP contribution in [0.15, 0.2) is 0 Å². The SMILES string of the molecule is CCCS(=O)(=O)CCN1CCC(N)C1.Cl. The molecule has 0 aromatic rings. The molecular formula is C9H21ClN2O2S. The summed E-state index contributed by atoms with van der Waals surface area (Å²) in [5, 5.41) is 0. The second-order valence-electron chi connectivity index (χ2n) is 4.00. The molecule has 0 spiro atoms. The second-order valence-corrected chi connectivity index (χ2v) is 6.30. The van der Waals surface area contributed by atoms with Crippen molar-refractivity contribution < 1.29 is 8.42 Å². The van der Waals surface area contributed by atoms with Gasteiger partial charge in [-0.1, -0.05) is 6.92 Å². The highest BCUT2D eigenvalue weighted by molar-refractivity contribution is 7.91. The molecule has 0 radical (unpaired) electrons. The number of nitrogens with zero attached hydrogens (tertiary/aromatic N) is 1. The van der Waals surface area contributed by atoms with E-state index in [1.165, 1.54) is 0 Å². The Morgan fingerprint density at radius 2 is 2.07 bits per heavy atom. The molecule has 6 heteroatoms. The fourth-order valence-electron chi connectivity index (χ4n) is 1.75. The van der Waals surface area contributed by atoms with Crippen LogP contribution >= 0.6 is 12.4 Å². The van der Waals surface area contributed by atoms with Crippen LogP contribution in [0.5, 0.6) is 0 Å². The maximum absolute atomic E-state index is 11.4. The molecule has 1 saturated heterocycles. The maximum Gasteiger partial charge on any atom is 0.151 e. The Labute approximate surface area is 98.5 Å². The highest BCUT2D eigenvalue weighted by atomic mass is 35.5. The van der Waals surface area contributed by atoms with Crippen LogP contribution in [0.3, 0.4) is 0 Å². The van der Waals surface area contributed by atoms with E-state index in [1.807, 2.05) is 6.92 Å². The monoisotopic (exact) mass is 256 g/mol. The summed E-state index contributed by atoms with van der Waals surface area (Å²) in [6.07, 6.45) is 1.70. The van der Waals surface area contributed by atoms with Gasteiger partial charge in [0.2, 0.25) is 0 Å². The van der Waals surface area contributed by atoms with Crippen LogP contribution in [0.2, 0.25) is 0 Å². The molecule has 0 aliphatic carbocycles. The highest BCUT2D eigenvalue weighted by Crippen LogP contribution is 2.07.